The Morgan fingerprint density at radius 3 is 3.00 bits per heavy atom. The van der Waals surface area contributed by atoms with Crippen molar-refractivity contribution in [3.05, 3.63) is 24.0 Å². The zero-order chi connectivity index (χ0) is 15.1. The number of nitrogens with one attached hydrogen (secondary N) is 1. The van der Waals surface area contributed by atoms with Crippen molar-refractivity contribution in [2.75, 3.05) is 44.8 Å². The van der Waals surface area contributed by atoms with Gasteiger partial charge in [0.2, 0.25) is 0 Å². The molecule has 0 spiro atoms. The molecule has 0 aliphatic carbocycles. The highest BCUT2D eigenvalue weighted by molar-refractivity contribution is 5.59. The van der Waals surface area contributed by atoms with Gasteiger partial charge in [0.1, 0.15) is 11.6 Å². The molecule has 0 aromatic heterocycles. The molecule has 1 aliphatic rings. The van der Waals surface area contributed by atoms with Gasteiger partial charge in [-0.25, -0.2) is 4.39 Å². The van der Waals surface area contributed by atoms with Crippen molar-refractivity contribution in [1.29, 1.82) is 0 Å². The lowest BCUT2D eigenvalue weighted by Crippen LogP contribution is -2.28. The van der Waals surface area contributed by atoms with Crippen molar-refractivity contribution in [1.82, 2.24) is 5.32 Å². The minimum absolute atomic E-state index is 0.0410. The summed E-state index contributed by atoms with van der Waals surface area (Å²) < 4.78 is 24.7. The summed E-state index contributed by atoms with van der Waals surface area (Å²) in [5.74, 6) is 0.529. The van der Waals surface area contributed by atoms with E-state index in [0.717, 1.165) is 50.5 Å². The van der Waals surface area contributed by atoms with Gasteiger partial charge in [0.15, 0.2) is 0 Å². The Morgan fingerprint density at radius 1 is 1.33 bits per heavy atom. The summed E-state index contributed by atoms with van der Waals surface area (Å²) in [7, 11) is 1.68. The monoisotopic (exact) mass is 296 g/mol. The van der Waals surface area contributed by atoms with E-state index < -0.39 is 0 Å². The fourth-order valence-corrected chi connectivity index (χ4v) is 2.48. The van der Waals surface area contributed by atoms with Crippen LogP contribution in [0.15, 0.2) is 18.2 Å². The number of rotatable bonds is 6. The van der Waals surface area contributed by atoms with Gasteiger partial charge in [-0.15, -0.1) is 0 Å². The van der Waals surface area contributed by atoms with Crippen LogP contribution < -0.4 is 15.0 Å². The lowest BCUT2D eigenvalue weighted by molar-refractivity contribution is 0.135. The molecule has 5 heteroatoms. The Labute approximate surface area is 126 Å². The minimum Gasteiger partial charge on any atom is -0.488 e. The molecule has 2 rings (SSSR count). The molecule has 1 saturated heterocycles. The van der Waals surface area contributed by atoms with Crippen molar-refractivity contribution >= 4 is 5.69 Å². The quantitative estimate of drug-likeness (QED) is 0.874. The number of hydrogen-bond donors (Lipinski definition) is 1. The van der Waals surface area contributed by atoms with E-state index in [-0.39, 0.29) is 11.9 Å². The van der Waals surface area contributed by atoms with Crippen LogP contribution in [0.3, 0.4) is 0 Å². The van der Waals surface area contributed by atoms with Crippen molar-refractivity contribution in [3.8, 4) is 5.75 Å². The zero-order valence-electron chi connectivity index (χ0n) is 12.9. The molecular formula is C16H25FN2O2. The highest BCUT2D eigenvalue weighted by Gasteiger charge is 2.16. The molecule has 0 saturated carbocycles. The number of nitrogens with zero attached hydrogens (tertiary/aromatic N) is 1. The molecule has 1 aliphatic heterocycles. The molecule has 1 aromatic rings. The average Bonchev–Trinajstić information content (AvgIpc) is 2.76. The molecular weight excluding hydrogens is 271 g/mol. The molecule has 1 fully saturated rings. The van der Waals surface area contributed by atoms with Crippen molar-refractivity contribution in [2.24, 2.45) is 0 Å². The molecule has 4 nitrogen and oxygen atoms in total. The SMILES string of the molecule is COCCC(C)Oc1ccc(F)cc1N1CCCNCC1. The van der Waals surface area contributed by atoms with E-state index in [1.807, 2.05) is 6.92 Å². The van der Waals surface area contributed by atoms with E-state index in [0.29, 0.717) is 6.61 Å². The maximum absolute atomic E-state index is 13.6. The van der Waals surface area contributed by atoms with Crippen LogP contribution in [0.1, 0.15) is 19.8 Å². The molecule has 0 radical (unpaired) electrons. The van der Waals surface area contributed by atoms with Crippen molar-refractivity contribution in [3.63, 3.8) is 0 Å². The Bertz CT molecular complexity index is 434. The summed E-state index contributed by atoms with van der Waals surface area (Å²) in [6.07, 6.45) is 1.91. The number of methoxy groups -OCH3 is 1. The topological polar surface area (TPSA) is 33.7 Å². The first-order valence-corrected chi connectivity index (χ1v) is 7.61. The maximum Gasteiger partial charge on any atom is 0.143 e. The van der Waals surface area contributed by atoms with Gasteiger partial charge in [-0.1, -0.05) is 0 Å². The van der Waals surface area contributed by atoms with Gasteiger partial charge in [-0.3, -0.25) is 0 Å². The predicted molar refractivity (Wildman–Crippen MR) is 82.7 cm³/mol. The largest absolute Gasteiger partial charge is 0.488 e. The third-order valence-corrected chi connectivity index (χ3v) is 3.66. The number of halogens is 1. The minimum atomic E-state index is -0.223. The Kier molecular flexibility index (Phi) is 6.26. The highest BCUT2D eigenvalue weighted by Crippen LogP contribution is 2.30. The fraction of sp³-hybridized carbons (Fsp3) is 0.625. The van der Waals surface area contributed by atoms with Crippen LogP contribution in [-0.4, -0.2) is 46.0 Å². The van der Waals surface area contributed by atoms with Crippen LogP contribution in [0, 0.1) is 5.82 Å². The van der Waals surface area contributed by atoms with Crippen LogP contribution in [0.2, 0.25) is 0 Å². The lowest BCUT2D eigenvalue weighted by atomic mass is 10.2. The smallest absolute Gasteiger partial charge is 0.143 e. The second-order valence-corrected chi connectivity index (χ2v) is 5.41. The van der Waals surface area contributed by atoms with Gasteiger partial charge in [0, 0.05) is 45.8 Å². The van der Waals surface area contributed by atoms with Gasteiger partial charge in [-0.05, 0) is 32.0 Å². The van der Waals surface area contributed by atoms with E-state index in [1.165, 1.54) is 6.07 Å². The molecule has 0 amide bonds. The van der Waals surface area contributed by atoms with Crippen molar-refractivity contribution < 1.29 is 13.9 Å². The molecule has 118 valence electrons. The van der Waals surface area contributed by atoms with Crippen LogP contribution in [0.5, 0.6) is 5.75 Å². The molecule has 21 heavy (non-hydrogen) atoms. The molecule has 1 N–H and O–H groups in total. The summed E-state index contributed by atoms with van der Waals surface area (Å²) >= 11 is 0. The molecule has 0 bridgehead atoms. The van der Waals surface area contributed by atoms with Gasteiger partial charge >= 0.3 is 0 Å². The van der Waals surface area contributed by atoms with Crippen molar-refractivity contribution in [2.45, 2.75) is 25.9 Å². The summed E-state index contributed by atoms with van der Waals surface area (Å²) in [4.78, 5) is 2.20. The normalized spacial score (nSPS) is 17.4. The summed E-state index contributed by atoms with van der Waals surface area (Å²) in [6.45, 7) is 6.37. The first-order valence-electron chi connectivity index (χ1n) is 7.61. The van der Waals surface area contributed by atoms with E-state index >= 15 is 0 Å². The van der Waals surface area contributed by atoms with E-state index in [1.54, 1.807) is 19.2 Å². The standard InChI is InChI=1S/C16H25FN2O2/c1-13(6-11-20-2)21-16-5-4-14(17)12-15(16)19-9-3-7-18-8-10-19/h4-5,12-13,18H,3,6-11H2,1-2H3. The third-order valence-electron chi connectivity index (χ3n) is 3.66. The average molecular weight is 296 g/mol. The van der Waals surface area contributed by atoms with Gasteiger partial charge in [0.25, 0.3) is 0 Å². The molecule has 1 atom stereocenters. The van der Waals surface area contributed by atoms with Gasteiger partial charge in [-0.2, -0.15) is 0 Å². The van der Waals surface area contributed by atoms with E-state index in [4.69, 9.17) is 9.47 Å². The summed E-state index contributed by atoms with van der Waals surface area (Å²) in [6, 6.07) is 4.76. The lowest BCUT2D eigenvalue weighted by Gasteiger charge is -2.26. The molecule has 1 heterocycles. The Morgan fingerprint density at radius 2 is 2.19 bits per heavy atom. The Hall–Kier alpha value is -1.33. The summed E-state index contributed by atoms with van der Waals surface area (Å²) in [5, 5.41) is 3.36. The van der Waals surface area contributed by atoms with Gasteiger partial charge in [0.05, 0.1) is 11.8 Å². The van der Waals surface area contributed by atoms with Crippen LogP contribution in [0.4, 0.5) is 10.1 Å². The fourth-order valence-electron chi connectivity index (χ4n) is 2.48. The first kappa shape index (κ1) is 16.0. The maximum atomic E-state index is 13.6. The van der Waals surface area contributed by atoms with E-state index in [9.17, 15) is 4.39 Å². The Balaban J connectivity index is 2.12. The predicted octanol–water partition coefficient (Wildman–Crippen LogP) is 2.43. The summed E-state index contributed by atoms with van der Waals surface area (Å²) in [5.41, 5.74) is 0.850. The first-order chi connectivity index (χ1) is 10.2. The number of ether oxygens (including phenoxy) is 2. The molecule has 1 unspecified atom stereocenters. The second kappa shape index (κ2) is 8.20. The third kappa shape index (κ3) is 4.86. The van der Waals surface area contributed by atoms with Crippen LogP contribution in [0.25, 0.3) is 0 Å². The van der Waals surface area contributed by atoms with E-state index in [2.05, 4.69) is 10.2 Å². The van der Waals surface area contributed by atoms with Gasteiger partial charge < -0.3 is 19.7 Å². The molecule has 1 aromatic carbocycles. The zero-order valence-corrected chi connectivity index (χ0v) is 12.9. The number of anilines is 1. The second-order valence-electron chi connectivity index (χ2n) is 5.41. The highest BCUT2D eigenvalue weighted by atomic mass is 19.1. The number of hydrogen-bond acceptors (Lipinski definition) is 4. The van der Waals surface area contributed by atoms with Crippen LogP contribution >= 0.6 is 0 Å². The number of benzene rings is 1. The van der Waals surface area contributed by atoms with Crippen LogP contribution in [-0.2, 0) is 4.74 Å².